The topological polar surface area (TPSA) is 37.6 Å². The second-order valence-corrected chi connectivity index (χ2v) is 5.98. The van der Waals surface area contributed by atoms with Crippen LogP contribution in [0.15, 0.2) is 42.6 Å². The second kappa shape index (κ2) is 4.91. The molecule has 1 aliphatic heterocycles. The lowest BCUT2D eigenvalue weighted by atomic mass is 10.1. The van der Waals surface area contributed by atoms with E-state index in [1.54, 1.807) is 22.3 Å². The molecule has 0 saturated carbocycles. The molecule has 1 atom stereocenters. The molecule has 1 aromatic carbocycles. The van der Waals surface area contributed by atoms with E-state index >= 15 is 0 Å². The molecule has 4 nitrogen and oxygen atoms in total. The van der Waals surface area contributed by atoms with Crippen LogP contribution in [0.5, 0.6) is 0 Å². The maximum atomic E-state index is 13.6. The van der Waals surface area contributed by atoms with E-state index in [0.717, 1.165) is 17.7 Å². The van der Waals surface area contributed by atoms with Crippen LogP contribution in [0.1, 0.15) is 28.7 Å². The number of anilines is 1. The van der Waals surface area contributed by atoms with Crippen molar-refractivity contribution >= 4 is 17.2 Å². The van der Waals surface area contributed by atoms with Gasteiger partial charge in [0.1, 0.15) is 17.2 Å². The van der Waals surface area contributed by atoms with Crippen LogP contribution in [0.4, 0.5) is 10.1 Å². The molecule has 0 saturated heterocycles. The molecule has 0 bridgehead atoms. The van der Waals surface area contributed by atoms with Gasteiger partial charge >= 0.3 is 0 Å². The third kappa shape index (κ3) is 2.04. The molecule has 1 amide bonds. The number of nitrogens with zero attached hydrogens (tertiary/aromatic N) is 3. The summed E-state index contributed by atoms with van der Waals surface area (Å²) in [6, 6.07) is 10.9. The molecule has 0 spiro atoms. The SMILES string of the molecule is Cc1nc2ccc(F)cn2c1C(=O)N1c2ccccc2CC1C. The maximum Gasteiger partial charge on any atom is 0.277 e. The van der Waals surface area contributed by atoms with Crippen molar-refractivity contribution in [2.24, 2.45) is 0 Å². The zero-order valence-electron chi connectivity index (χ0n) is 13.0. The normalized spacial score (nSPS) is 16.8. The number of halogens is 1. The van der Waals surface area contributed by atoms with Crippen LogP contribution in [-0.4, -0.2) is 21.3 Å². The third-order valence-electron chi connectivity index (χ3n) is 4.39. The van der Waals surface area contributed by atoms with Gasteiger partial charge in [0, 0.05) is 17.9 Å². The summed E-state index contributed by atoms with van der Waals surface area (Å²) in [5, 5.41) is 0. The quantitative estimate of drug-likeness (QED) is 0.691. The van der Waals surface area contributed by atoms with E-state index in [9.17, 15) is 9.18 Å². The molecule has 4 rings (SSSR count). The van der Waals surface area contributed by atoms with E-state index in [-0.39, 0.29) is 17.8 Å². The first-order valence-electron chi connectivity index (χ1n) is 7.62. The average Bonchev–Trinajstić information content (AvgIpc) is 3.01. The van der Waals surface area contributed by atoms with Crippen molar-refractivity contribution in [3.05, 3.63) is 65.4 Å². The van der Waals surface area contributed by atoms with Gasteiger partial charge in [-0.25, -0.2) is 9.37 Å². The minimum absolute atomic E-state index is 0.0680. The Morgan fingerprint density at radius 2 is 2.04 bits per heavy atom. The zero-order valence-corrected chi connectivity index (χ0v) is 13.0. The number of aryl methyl sites for hydroxylation is 1. The Morgan fingerprint density at radius 3 is 2.87 bits per heavy atom. The highest BCUT2D eigenvalue weighted by atomic mass is 19.1. The highest BCUT2D eigenvalue weighted by Crippen LogP contribution is 2.33. The van der Waals surface area contributed by atoms with Crippen molar-refractivity contribution in [3.8, 4) is 0 Å². The zero-order chi connectivity index (χ0) is 16.1. The molecule has 1 unspecified atom stereocenters. The fourth-order valence-electron chi connectivity index (χ4n) is 3.38. The van der Waals surface area contributed by atoms with Gasteiger partial charge in [0.05, 0.1) is 5.69 Å². The number of benzene rings is 1. The van der Waals surface area contributed by atoms with Crippen LogP contribution in [-0.2, 0) is 6.42 Å². The largest absolute Gasteiger partial charge is 0.304 e. The van der Waals surface area contributed by atoms with E-state index in [0.29, 0.717) is 17.0 Å². The highest BCUT2D eigenvalue weighted by Gasteiger charge is 2.33. The van der Waals surface area contributed by atoms with Crippen molar-refractivity contribution < 1.29 is 9.18 Å². The van der Waals surface area contributed by atoms with Crippen LogP contribution in [0, 0.1) is 12.7 Å². The Labute approximate surface area is 133 Å². The first kappa shape index (κ1) is 13.9. The van der Waals surface area contributed by atoms with Crippen LogP contribution < -0.4 is 4.90 Å². The Kier molecular flexibility index (Phi) is 2.98. The molecular formula is C18H16FN3O. The number of pyridine rings is 1. The van der Waals surface area contributed by atoms with Crippen LogP contribution in [0.2, 0.25) is 0 Å². The summed E-state index contributed by atoms with van der Waals surface area (Å²) in [7, 11) is 0. The molecular weight excluding hydrogens is 293 g/mol. The van der Waals surface area contributed by atoms with E-state index < -0.39 is 0 Å². The second-order valence-electron chi connectivity index (χ2n) is 5.98. The molecule has 0 fully saturated rings. The fourth-order valence-corrected chi connectivity index (χ4v) is 3.38. The van der Waals surface area contributed by atoms with Gasteiger partial charge in [-0.3, -0.25) is 9.20 Å². The molecule has 3 aromatic rings. The number of hydrogen-bond acceptors (Lipinski definition) is 2. The molecule has 1 aliphatic rings. The van der Waals surface area contributed by atoms with Crippen molar-refractivity contribution in [1.29, 1.82) is 0 Å². The highest BCUT2D eigenvalue weighted by molar-refractivity contribution is 6.07. The Hall–Kier alpha value is -2.69. The molecule has 0 radical (unpaired) electrons. The van der Waals surface area contributed by atoms with Gasteiger partial charge in [-0.2, -0.15) is 0 Å². The predicted molar refractivity (Wildman–Crippen MR) is 86.3 cm³/mol. The number of aromatic nitrogens is 2. The van der Waals surface area contributed by atoms with E-state index in [1.165, 1.54) is 12.3 Å². The van der Waals surface area contributed by atoms with Crippen LogP contribution in [0.25, 0.3) is 5.65 Å². The smallest absolute Gasteiger partial charge is 0.277 e. The number of rotatable bonds is 1. The Bertz CT molecular complexity index is 931. The van der Waals surface area contributed by atoms with E-state index in [4.69, 9.17) is 0 Å². The molecule has 3 heterocycles. The molecule has 116 valence electrons. The molecule has 0 N–H and O–H groups in total. The number of hydrogen-bond donors (Lipinski definition) is 0. The number of fused-ring (bicyclic) bond motifs is 2. The summed E-state index contributed by atoms with van der Waals surface area (Å²) < 4.78 is 15.2. The van der Waals surface area contributed by atoms with Gasteiger partial charge in [-0.1, -0.05) is 18.2 Å². The average molecular weight is 309 g/mol. The standard InChI is InChI=1S/C18H16FN3O/c1-11-9-13-5-3-4-6-15(13)22(11)18(23)17-12(2)20-16-8-7-14(19)10-21(16)17/h3-8,10-11H,9H2,1-2H3. The van der Waals surface area contributed by atoms with Gasteiger partial charge in [-0.05, 0) is 44.0 Å². The van der Waals surface area contributed by atoms with E-state index in [2.05, 4.69) is 4.98 Å². The minimum atomic E-state index is -0.390. The number of carbonyl (C=O) groups is 1. The van der Waals surface area contributed by atoms with Gasteiger partial charge in [0.15, 0.2) is 0 Å². The fraction of sp³-hybridized carbons (Fsp3) is 0.222. The van der Waals surface area contributed by atoms with Gasteiger partial charge in [-0.15, -0.1) is 0 Å². The van der Waals surface area contributed by atoms with E-state index in [1.807, 2.05) is 31.2 Å². The van der Waals surface area contributed by atoms with Crippen molar-refractivity contribution in [2.75, 3.05) is 4.90 Å². The van der Waals surface area contributed by atoms with Crippen LogP contribution in [0.3, 0.4) is 0 Å². The summed E-state index contributed by atoms with van der Waals surface area (Å²) in [4.78, 5) is 19.3. The molecule has 23 heavy (non-hydrogen) atoms. The molecule has 2 aromatic heterocycles. The number of imidazole rings is 1. The molecule has 5 heteroatoms. The van der Waals surface area contributed by atoms with Gasteiger partial charge in [0.25, 0.3) is 5.91 Å². The predicted octanol–water partition coefficient (Wildman–Crippen LogP) is 3.37. The third-order valence-corrected chi connectivity index (χ3v) is 4.39. The maximum absolute atomic E-state index is 13.6. The number of amides is 1. The Morgan fingerprint density at radius 1 is 1.26 bits per heavy atom. The van der Waals surface area contributed by atoms with Crippen molar-refractivity contribution in [1.82, 2.24) is 9.38 Å². The first-order chi connectivity index (χ1) is 11.1. The lowest BCUT2D eigenvalue weighted by Gasteiger charge is -2.22. The summed E-state index contributed by atoms with van der Waals surface area (Å²) in [6.45, 7) is 3.81. The lowest BCUT2D eigenvalue weighted by Crippen LogP contribution is -2.36. The van der Waals surface area contributed by atoms with Crippen molar-refractivity contribution in [2.45, 2.75) is 26.3 Å². The van der Waals surface area contributed by atoms with Gasteiger partial charge in [0.2, 0.25) is 0 Å². The number of para-hydroxylation sites is 1. The Balaban J connectivity index is 1.87. The number of carbonyl (C=O) groups excluding carboxylic acids is 1. The summed E-state index contributed by atoms with van der Waals surface area (Å²) in [5.74, 6) is -0.531. The van der Waals surface area contributed by atoms with Crippen LogP contribution >= 0.6 is 0 Å². The summed E-state index contributed by atoms with van der Waals surface area (Å²) in [5.41, 5.74) is 3.69. The first-order valence-corrected chi connectivity index (χ1v) is 7.62. The lowest BCUT2D eigenvalue weighted by molar-refractivity contribution is 0.0975. The van der Waals surface area contributed by atoms with Crippen molar-refractivity contribution in [3.63, 3.8) is 0 Å². The summed E-state index contributed by atoms with van der Waals surface area (Å²) in [6.07, 6.45) is 2.14. The summed E-state index contributed by atoms with van der Waals surface area (Å²) >= 11 is 0. The van der Waals surface area contributed by atoms with Gasteiger partial charge < -0.3 is 4.90 Å². The monoisotopic (exact) mass is 309 g/mol. The minimum Gasteiger partial charge on any atom is -0.304 e. The molecule has 0 aliphatic carbocycles.